The first-order valence-corrected chi connectivity index (χ1v) is 11.4. The third-order valence-corrected chi connectivity index (χ3v) is 5.79. The number of fused-ring (bicyclic) bond motifs is 1. The summed E-state index contributed by atoms with van der Waals surface area (Å²) in [7, 11) is 1.82. The number of ketones is 1. The lowest BCUT2D eigenvalue weighted by Crippen LogP contribution is -2.53. The van der Waals surface area contributed by atoms with Crippen LogP contribution >= 0.6 is 0 Å². The minimum absolute atomic E-state index is 0.251. The van der Waals surface area contributed by atoms with Crippen molar-refractivity contribution in [1.82, 2.24) is 10.6 Å². The highest BCUT2D eigenvalue weighted by Gasteiger charge is 2.28. The summed E-state index contributed by atoms with van der Waals surface area (Å²) in [4.78, 5) is 37.7. The molecule has 0 fully saturated rings. The summed E-state index contributed by atoms with van der Waals surface area (Å²) >= 11 is 0. The van der Waals surface area contributed by atoms with Gasteiger partial charge in [-0.3, -0.25) is 14.4 Å². The molecule has 3 atom stereocenters. The van der Waals surface area contributed by atoms with Crippen LogP contribution in [0.2, 0.25) is 0 Å². The number of benzene rings is 2. The zero-order valence-electron chi connectivity index (χ0n) is 20.4. The molecule has 0 saturated heterocycles. The Balaban J connectivity index is 1.89. The van der Waals surface area contributed by atoms with Crippen molar-refractivity contribution in [3.8, 4) is 0 Å². The standard InChI is InChI=1S/C27H31N5O3/c1-16(28)26(34)31-18(3)27(35)30-17(2)25(33)24-15-20(12-9-19-10-13-21(29)14-11-19)22-7-5-6-8-23(22)32(24)4/h5-18,29H,28H2,1-4H3,(H2,30,31,34,35)/p+1/t16-,17-,18-/m0/s1. The Labute approximate surface area is 205 Å². The van der Waals surface area contributed by atoms with Crippen LogP contribution in [0.5, 0.6) is 0 Å². The zero-order valence-corrected chi connectivity index (χ0v) is 20.4. The fraction of sp³-hybridized carbons (Fsp3) is 0.259. The molecule has 182 valence electrons. The van der Waals surface area contributed by atoms with Gasteiger partial charge in [0.1, 0.15) is 13.1 Å². The Hall–Kier alpha value is -4.04. The van der Waals surface area contributed by atoms with Crippen LogP contribution in [0.3, 0.4) is 0 Å². The minimum Gasteiger partial charge on any atom is -0.399 e. The second-order valence-corrected chi connectivity index (χ2v) is 8.67. The number of Topliss-reactive ketones (excluding diaryl/α,β-unsaturated/α-hetero) is 1. The Morgan fingerprint density at radius 3 is 2.17 bits per heavy atom. The normalized spacial score (nSPS) is 13.9. The maximum absolute atomic E-state index is 13.4. The summed E-state index contributed by atoms with van der Waals surface area (Å²) in [5, 5.41) is 6.22. The lowest BCUT2D eigenvalue weighted by atomic mass is 10.0. The van der Waals surface area contributed by atoms with Gasteiger partial charge in [0.05, 0.1) is 17.5 Å². The third kappa shape index (κ3) is 6.10. The van der Waals surface area contributed by atoms with E-state index in [-0.39, 0.29) is 5.78 Å². The highest BCUT2D eigenvalue weighted by atomic mass is 16.2. The number of aryl methyl sites for hydroxylation is 1. The highest BCUT2D eigenvalue weighted by Crippen LogP contribution is 2.21. The van der Waals surface area contributed by atoms with Crippen molar-refractivity contribution >= 4 is 46.3 Å². The van der Waals surface area contributed by atoms with Gasteiger partial charge in [-0.15, -0.1) is 0 Å². The van der Waals surface area contributed by atoms with E-state index in [0.29, 0.717) is 11.4 Å². The number of nitrogens with zero attached hydrogens (tertiary/aromatic N) is 1. The fourth-order valence-corrected chi connectivity index (χ4v) is 3.67. The number of anilines is 1. The molecular formula is C27H32N5O3+. The summed E-state index contributed by atoms with van der Waals surface area (Å²) in [5.74, 6) is -1.16. The molecular weight excluding hydrogens is 442 g/mol. The summed E-state index contributed by atoms with van der Waals surface area (Å²) in [5.41, 5.74) is 15.2. The molecule has 0 unspecified atom stereocenters. The van der Waals surface area contributed by atoms with Crippen LogP contribution in [0.25, 0.3) is 23.1 Å². The van der Waals surface area contributed by atoms with Gasteiger partial charge in [0.2, 0.25) is 23.1 Å². The van der Waals surface area contributed by atoms with E-state index in [0.717, 1.165) is 22.0 Å². The summed E-state index contributed by atoms with van der Waals surface area (Å²) in [6, 6.07) is 14.8. The number of para-hydroxylation sites is 1. The van der Waals surface area contributed by atoms with Gasteiger partial charge in [0.15, 0.2) is 0 Å². The van der Waals surface area contributed by atoms with Crippen LogP contribution in [-0.2, 0) is 16.6 Å². The fourth-order valence-electron chi connectivity index (χ4n) is 3.67. The number of carbonyl (C=O) groups is 3. The van der Waals surface area contributed by atoms with Crippen LogP contribution in [0.15, 0.2) is 54.6 Å². The van der Waals surface area contributed by atoms with Gasteiger partial charge in [0, 0.05) is 17.8 Å². The molecule has 6 N–H and O–H groups in total. The van der Waals surface area contributed by atoms with Crippen LogP contribution < -0.4 is 26.7 Å². The Morgan fingerprint density at radius 1 is 0.886 bits per heavy atom. The summed E-state index contributed by atoms with van der Waals surface area (Å²) in [6.45, 7) is 4.70. The van der Waals surface area contributed by atoms with Gasteiger partial charge in [-0.25, -0.2) is 0 Å². The maximum Gasteiger partial charge on any atom is 0.251 e. The highest BCUT2D eigenvalue weighted by molar-refractivity contribution is 6.02. The van der Waals surface area contributed by atoms with E-state index in [9.17, 15) is 14.4 Å². The molecule has 1 aromatic heterocycles. The van der Waals surface area contributed by atoms with E-state index in [4.69, 9.17) is 11.5 Å². The molecule has 0 spiro atoms. The molecule has 3 rings (SSSR count). The molecule has 0 bridgehead atoms. The van der Waals surface area contributed by atoms with Gasteiger partial charge in [-0.05, 0) is 50.1 Å². The molecule has 0 saturated carbocycles. The summed E-state index contributed by atoms with van der Waals surface area (Å²) in [6.07, 6.45) is 3.92. The number of aromatic nitrogens is 1. The van der Waals surface area contributed by atoms with Crippen molar-refractivity contribution in [1.29, 1.82) is 0 Å². The molecule has 35 heavy (non-hydrogen) atoms. The van der Waals surface area contributed by atoms with Crippen molar-refractivity contribution in [2.75, 3.05) is 5.73 Å². The molecule has 0 aliphatic heterocycles. The zero-order chi connectivity index (χ0) is 25.7. The number of nitrogens with two attached hydrogens (primary N) is 2. The lowest BCUT2D eigenvalue weighted by Gasteiger charge is -2.18. The molecule has 3 aromatic rings. The number of nitrogens with one attached hydrogen (secondary N) is 2. The van der Waals surface area contributed by atoms with Crippen molar-refractivity contribution in [3.05, 3.63) is 71.4 Å². The third-order valence-electron chi connectivity index (χ3n) is 5.79. The summed E-state index contributed by atoms with van der Waals surface area (Å²) < 4.78 is 1.82. The van der Waals surface area contributed by atoms with Gasteiger partial charge < -0.3 is 22.1 Å². The topological polar surface area (TPSA) is 131 Å². The van der Waals surface area contributed by atoms with E-state index < -0.39 is 29.9 Å². The average molecular weight is 475 g/mol. The Morgan fingerprint density at radius 2 is 1.51 bits per heavy atom. The molecule has 2 aromatic carbocycles. The lowest BCUT2D eigenvalue weighted by molar-refractivity contribution is -0.647. The van der Waals surface area contributed by atoms with Gasteiger partial charge in [-0.2, -0.15) is 4.57 Å². The van der Waals surface area contributed by atoms with E-state index in [1.165, 1.54) is 6.92 Å². The van der Waals surface area contributed by atoms with E-state index in [1.807, 2.05) is 78.4 Å². The minimum atomic E-state index is -0.826. The molecule has 0 aliphatic carbocycles. The van der Waals surface area contributed by atoms with Crippen LogP contribution in [0.4, 0.5) is 5.69 Å². The number of pyridine rings is 1. The van der Waals surface area contributed by atoms with Crippen LogP contribution in [0.1, 0.15) is 42.4 Å². The first kappa shape index (κ1) is 25.6. The quantitative estimate of drug-likeness (QED) is 0.225. The molecule has 1 heterocycles. The predicted molar refractivity (Wildman–Crippen MR) is 138 cm³/mol. The van der Waals surface area contributed by atoms with Crippen LogP contribution in [-0.4, -0.2) is 35.7 Å². The average Bonchev–Trinajstić information content (AvgIpc) is 2.84. The molecule has 8 heteroatoms. The smallest absolute Gasteiger partial charge is 0.251 e. The molecule has 0 aliphatic rings. The van der Waals surface area contributed by atoms with Crippen molar-refractivity contribution in [3.63, 3.8) is 0 Å². The van der Waals surface area contributed by atoms with Crippen LogP contribution in [0, 0.1) is 0 Å². The maximum atomic E-state index is 13.4. The van der Waals surface area contributed by atoms with E-state index in [1.54, 1.807) is 13.8 Å². The number of rotatable bonds is 8. The Kier molecular flexibility index (Phi) is 7.98. The second kappa shape index (κ2) is 10.9. The second-order valence-electron chi connectivity index (χ2n) is 8.67. The number of hydrogen-bond donors (Lipinski definition) is 4. The molecule has 0 radical (unpaired) electrons. The van der Waals surface area contributed by atoms with Crippen molar-refractivity contribution < 1.29 is 19.0 Å². The van der Waals surface area contributed by atoms with Gasteiger partial charge >= 0.3 is 0 Å². The number of carbonyl (C=O) groups excluding carboxylic acids is 3. The monoisotopic (exact) mass is 474 g/mol. The number of nitrogen functional groups attached to an aromatic ring is 1. The SMILES string of the molecule is C[C@H](N)C(=O)N[C@@H](C)C(=O)N[C@@H](C)C(=O)c1cc(C=Cc2ccc(N)cc2)c2ccccc2[n+]1C. The van der Waals surface area contributed by atoms with Gasteiger partial charge in [0.25, 0.3) is 5.69 Å². The molecule has 8 nitrogen and oxygen atoms in total. The number of amides is 2. The first-order chi connectivity index (χ1) is 16.6. The van der Waals surface area contributed by atoms with E-state index in [2.05, 4.69) is 10.6 Å². The predicted octanol–water partition coefficient (Wildman–Crippen LogP) is 1.96. The number of hydrogen-bond acceptors (Lipinski definition) is 5. The van der Waals surface area contributed by atoms with Gasteiger partial charge in [-0.1, -0.05) is 36.4 Å². The van der Waals surface area contributed by atoms with Crippen molar-refractivity contribution in [2.24, 2.45) is 12.8 Å². The first-order valence-electron chi connectivity index (χ1n) is 11.4. The largest absolute Gasteiger partial charge is 0.399 e. The van der Waals surface area contributed by atoms with Crippen molar-refractivity contribution in [2.45, 2.75) is 38.9 Å². The van der Waals surface area contributed by atoms with E-state index >= 15 is 0 Å². The molecule has 2 amide bonds. The Bertz CT molecular complexity index is 1280.